The van der Waals surface area contributed by atoms with Crippen molar-refractivity contribution < 1.29 is 28.7 Å². The van der Waals surface area contributed by atoms with Gasteiger partial charge >= 0.3 is 11.9 Å². The largest absolute Gasteiger partial charge is 0.468 e. The molecule has 0 spiro atoms. The maximum absolute atomic E-state index is 13.0. The zero-order valence-corrected chi connectivity index (χ0v) is 16.8. The molecule has 0 saturated carbocycles. The number of methoxy groups -OCH3 is 1. The van der Waals surface area contributed by atoms with Crippen molar-refractivity contribution in [3.8, 4) is 0 Å². The molecular weight excluding hydrogens is 406 g/mol. The summed E-state index contributed by atoms with van der Waals surface area (Å²) in [5.74, 6) is -3.05. The van der Waals surface area contributed by atoms with Crippen molar-refractivity contribution in [2.45, 2.75) is 38.2 Å². The summed E-state index contributed by atoms with van der Waals surface area (Å²) in [6.07, 6.45) is -0.573. The molecule has 1 aromatic carbocycles. The molecule has 1 aromatic rings. The lowest BCUT2D eigenvalue weighted by Gasteiger charge is -2.38. The van der Waals surface area contributed by atoms with Gasteiger partial charge in [0.05, 0.1) is 13.5 Å². The summed E-state index contributed by atoms with van der Waals surface area (Å²) >= 11 is 3.28. The number of benzene rings is 1. The maximum atomic E-state index is 13.0. The van der Waals surface area contributed by atoms with Crippen molar-refractivity contribution in [1.82, 2.24) is 4.90 Å². The van der Waals surface area contributed by atoms with Crippen LogP contribution in [-0.4, -0.2) is 48.4 Å². The van der Waals surface area contributed by atoms with Gasteiger partial charge in [0, 0.05) is 17.1 Å². The Morgan fingerprint density at radius 1 is 1.23 bits per heavy atom. The Hall–Kier alpha value is -2.22. The second-order valence-electron chi connectivity index (χ2n) is 7.02. The third-order valence-corrected chi connectivity index (χ3v) is 4.50. The van der Waals surface area contributed by atoms with Crippen LogP contribution < -0.4 is 0 Å². The van der Waals surface area contributed by atoms with E-state index < -0.39 is 41.2 Å². The van der Waals surface area contributed by atoms with E-state index in [2.05, 4.69) is 15.9 Å². The molecule has 0 fully saturated rings. The van der Waals surface area contributed by atoms with Crippen molar-refractivity contribution in [3.05, 3.63) is 33.8 Å². The lowest BCUT2D eigenvalue weighted by molar-refractivity contribution is -0.167. The molecule has 0 aromatic heterocycles. The summed E-state index contributed by atoms with van der Waals surface area (Å²) in [4.78, 5) is 51.5. The molecule has 7 nitrogen and oxygen atoms in total. The van der Waals surface area contributed by atoms with Gasteiger partial charge in [-0.05, 0) is 44.5 Å². The highest BCUT2D eigenvalue weighted by atomic mass is 79.9. The van der Waals surface area contributed by atoms with Crippen LogP contribution in [0.25, 0.3) is 0 Å². The number of halogens is 1. The van der Waals surface area contributed by atoms with Crippen LogP contribution in [0.1, 0.15) is 43.1 Å². The number of esters is 2. The van der Waals surface area contributed by atoms with Crippen molar-refractivity contribution in [2.24, 2.45) is 0 Å². The number of rotatable bonds is 3. The number of carbonyl (C=O) groups is 4. The van der Waals surface area contributed by atoms with Gasteiger partial charge in [0.25, 0.3) is 11.8 Å². The van der Waals surface area contributed by atoms with Crippen LogP contribution in [0.3, 0.4) is 0 Å². The van der Waals surface area contributed by atoms with Crippen LogP contribution >= 0.6 is 15.9 Å². The van der Waals surface area contributed by atoms with E-state index in [1.165, 1.54) is 19.2 Å². The molecule has 0 aliphatic carbocycles. The highest BCUT2D eigenvalue weighted by Gasteiger charge is 2.57. The normalized spacial score (nSPS) is 19.8. The van der Waals surface area contributed by atoms with Gasteiger partial charge < -0.3 is 9.47 Å². The minimum Gasteiger partial charge on any atom is -0.468 e. The van der Waals surface area contributed by atoms with E-state index in [0.717, 1.165) is 12.0 Å². The molecule has 1 aliphatic heterocycles. The molecule has 1 heterocycles. The molecule has 0 radical (unpaired) electrons. The van der Waals surface area contributed by atoms with Gasteiger partial charge in [0.15, 0.2) is 5.41 Å². The molecule has 8 heteroatoms. The Labute approximate surface area is 159 Å². The fourth-order valence-corrected chi connectivity index (χ4v) is 3.30. The maximum Gasteiger partial charge on any atom is 0.326 e. The standard InChI is InChI=1S/C18H20BrNO6/c1-17(2,3)26-13(21)9-18(16(24)25-5)12-8-10(19)6-7-11(12)14(22)20(4)15(18)23/h6-8H,9H2,1-5H3. The first-order valence-corrected chi connectivity index (χ1v) is 8.66. The molecule has 1 aliphatic rings. The SMILES string of the molecule is COC(=O)C1(CC(=O)OC(C)(C)C)C(=O)N(C)C(=O)c2ccc(Br)cc21. The highest BCUT2D eigenvalue weighted by Crippen LogP contribution is 2.40. The second-order valence-corrected chi connectivity index (χ2v) is 7.94. The van der Waals surface area contributed by atoms with Gasteiger partial charge in [-0.3, -0.25) is 24.1 Å². The molecule has 26 heavy (non-hydrogen) atoms. The minimum atomic E-state index is -1.99. The van der Waals surface area contributed by atoms with Crippen molar-refractivity contribution in [3.63, 3.8) is 0 Å². The Morgan fingerprint density at radius 2 is 1.85 bits per heavy atom. The molecule has 0 saturated heterocycles. The monoisotopic (exact) mass is 425 g/mol. The van der Waals surface area contributed by atoms with Crippen LogP contribution in [0.5, 0.6) is 0 Å². The molecule has 0 N–H and O–H groups in total. The fraction of sp³-hybridized carbons (Fsp3) is 0.444. The summed E-state index contributed by atoms with van der Waals surface area (Å²) in [7, 11) is 2.39. The summed E-state index contributed by atoms with van der Waals surface area (Å²) in [6, 6.07) is 4.60. The van der Waals surface area contributed by atoms with E-state index in [9.17, 15) is 19.2 Å². The number of ether oxygens (including phenoxy) is 2. The Bertz CT molecular complexity index is 797. The Morgan fingerprint density at radius 3 is 2.38 bits per heavy atom. The Balaban J connectivity index is 2.70. The highest BCUT2D eigenvalue weighted by molar-refractivity contribution is 9.10. The van der Waals surface area contributed by atoms with Crippen LogP contribution in [0.4, 0.5) is 0 Å². The zero-order chi connectivity index (χ0) is 19.9. The number of hydrogen-bond donors (Lipinski definition) is 0. The van der Waals surface area contributed by atoms with Gasteiger partial charge in [-0.15, -0.1) is 0 Å². The average Bonchev–Trinajstić information content (AvgIpc) is 2.54. The third-order valence-electron chi connectivity index (χ3n) is 4.01. The quantitative estimate of drug-likeness (QED) is 0.418. The first-order chi connectivity index (χ1) is 11.9. The van der Waals surface area contributed by atoms with Crippen LogP contribution in [0.15, 0.2) is 22.7 Å². The van der Waals surface area contributed by atoms with E-state index in [0.29, 0.717) is 4.47 Å². The number of carbonyl (C=O) groups excluding carboxylic acids is 4. The third kappa shape index (κ3) is 3.38. The van der Waals surface area contributed by atoms with Gasteiger partial charge in [0.2, 0.25) is 0 Å². The number of fused-ring (bicyclic) bond motifs is 1. The second kappa shape index (κ2) is 6.83. The van der Waals surface area contributed by atoms with Gasteiger partial charge in [-0.1, -0.05) is 15.9 Å². The van der Waals surface area contributed by atoms with Gasteiger partial charge in [-0.25, -0.2) is 0 Å². The molecule has 2 amide bonds. The summed E-state index contributed by atoms with van der Waals surface area (Å²) in [5, 5.41) is 0. The molecule has 140 valence electrons. The lowest BCUT2D eigenvalue weighted by atomic mass is 9.71. The van der Waals surface area contributed by atoms with Crippen molar-refractivity contribution in [2.75, 3.05) is 14.2 Å². The van der Waals surface area contributed by atoms with Crippen molar-refractivity contribution in [1.29, 1.82) is 0 Å². The number of imide groups is 1. The van der Waals surface area contributed by atoms with Gasteiger partial charge in [0.1, 0.15) is 5.60 Å². The van der Waals surface area contributed by atoms with E-state index in [1.54, 1.807) is 26.8 Å². The number of nitrogens with zero attached hydrogens (tertiary/aromatic N) is 1. The number of likely N-dealkylation sites (N-methyl/N-ethyl adjacent to an activating group) is 1. The molecule has 1 atom stereocenters. The minimum absolute atomic E-state index is 0.123. The smallest absolute Gasteiger partial charge is 0.326 e. The summed E-state index contributed by atoms with van der Waals surface area (Å²) in [5.41, 5.74) is -2.51. The van der Waals surface area contributed by atoms with Crippen LogP contribution in [0, 0.1) is 0 Å². The number of amides is 2. The molecular formula is C18H20BrNO6. The fourth-order valence-electron chi connectivity index (χ4n) is 2.94. The predicted molar refractivity (Wildman–Crippen MR) is 95.4 cm³/mol. The first kappa shape index (κ1) is 20.1. The number of hydrogen-bond acceptors (Lipinski definition) is 6. The average molecular weight is 426 g/mol. The first-order valence-electron chi connectivity index (χ1n) is 7.87. The topological polar surface area (TPSA) is 90.0 Å². The Kier molecular flexibility index (Phi) is 5.28. The lowest BCUT2D eigenvalue weighted by Crippen LogP contribution is -2.58. The summed E-state index contributed by atoms with van der Waals surface area (Å²) < 4.78 is 10.7. The van der Waals surface area contributed by atoms with Crippen LogP contribution in [0.2, 0.25) is 0 Å². The molecule has 2 rings (SSSR count). The van der Waals surface area contributed by atoms with E-state index >= 15 is 0 Å². The van der Waals surface area contributed by atoms with Gasteiger partial charge in [-0.2, -0.15) is 0 Å². The van der Waals surface area contributed by atoms with Crippen LogP contribution in [-0.2, 0) is 29.3 Å². The molecule has 1 unspecified atom stereocenters. The van der Waals surface area contributed by atoms with E-state index in [4.69, 9.17) is 9.47 Å². The predicted octanol–water partition coefficient (Wildman–Crippen LogP) is 2.20. The summed E-state index contributed by atoms with van der Waals surface area (Å²) in [6.45, 7) is 5.04. The van der Waals surface area contributed by atoms with E-state index in [1.807, 2.05) is 0 Å². The van der Waals surface area contributed by atoms with Crippen molar-refractivity contribution >= 4 is 39.7 Å². The molecule has 0 bridgehead atoms. The van der Waals surface area contributed by atoms with E-state index in [-0.39, 0.29) is 11.1 Å². The zero-order valence-electron chi connectivity index (χ0n) is 15.2.